The molecule has 1 aliphatic rings. The van der Waals surface area contributed by atoms with Crippen molar-refractivity contribution in [1.82, 2.24) is 10.3 Å². The highest BCUT2D eigenvalue weighted by atomic mass is 16.5. The number of aromatic nitrogens is 1. The van der Waals surface area contributed by atoms with Crippen molar-refractivity contribution in [3.05, 3.63) is 29.6 Å². The molecule has 0 spiro atoms. The third kappa shape index (κ3) is 3.51. The third-order valence-corrected chi connectivity index (χ3v) is 2.77. The van der Waals surface area contributed by atoms with E-state index in [-0.39, 0.29) is 12.0 Å². The highest BCUT2D eigenvalue weighted by Gasteiger charge is 2.16. The van der Waals surface area contributed by atoms with E-state index < -0.39 is 0 Å². The second kappa shape index (κ2) is 5.75. The fourth-order valence-electron chi connectivity index (χ4n) is 1.80. The van der Waals surface area contributed by atoms with E-state index in [9.17, 15) is 4.79 Å². The normalized spacial score (nSPS) is 20.1. The number of hydrogen-bond donors (Lipinski definition) is 2. The standard InChI is InChI=1S/C12H17N3O2/c13-12(16)4-2-9-1-3-10(15-7-9)11-8-14-5-6-17-11/h1,3,7,11,14H,2,4-6,8H2,(H2,13,16)/t11-/m1/s1. The first-order chi connectivity index (χ1) is 8.25. The molecule has 0 radical (unpaired) electrons. The quantitative estimate of drug-likeness (QED) is 0.779. The number of carbonyl (C=O) groups is 1. The number of hydrogen-bond acceptors (Lipinski definition) is 4. The van der Waals surface area contributed by atoms with E-state index in [4.69, 9.17) is 10.5 Å². The van der Waals surface area contributed by atoms with Crippen molar-refractivity contribution in [3.63, 3.8) is 0 Å². The van der Waals surface area contributed by atoms with Crippen molar-refractivity contribution in [2.75, 3.05) is 19.7 Å². The average molecular weight is 235 g/mol. The number of nitrogens with one attached hydrogen (secondary N) is 1. The fraction of sp³-hybridized carbons (Fsp3) is 0.500. The summed E-state index contributed by atoms with van der Waals surface area (Å²) in [5.74, 6) is -0.283. The van der Waals surface area contributed by atoms with Gasteiger partial charge < -0.3 is 15.8 Å². The van der Waals surface area contributed by atoms with Crippen LogP contribution >= 0.6 is 0 Å². The molecular weight excluding hydrogens is 218 g/mol. The van der Waals surface area contributed by atoms with E-state index in [2.05, 4.69) is 10.3 Å². The Balaban J connectivity index is 1.94. The van der Waals surface area contributed by atoms with Crippen LogP contribution in [0.15, 0.2) is 18.3 Å². The van der Waals surface area contributed by atoms with E-state index in [1.807, 2.05) is 12.1 Å². The zero-order valence-electron chi connectivity index (χ0n) is 9.69. The second-order valence-corrected chi connectivity index (χ2v) is 4.12. The van der Waals surface area contributed by atoms with Gasteiger partial charge in [0, 0.05) is 25.7 Å². The number of amides is 1. The second-order valence-electron chi connectivity index (χ2n) is 4.12. The summed E-state index contributed by atoms with van der Waals surface area (Å²) in [6, 6.07) is 3.93. The molecule has 5 heteroatoms. The van der Waals surface area contributed by atoms with Crippen molar-refractivity contribution in [1.29, 1.82) is 0 Å². The number of ether oxygens (including phenoxy) is 1. The van der Waals surface area contributed by atoms with Crippen molar-refractivity contribution in [2.45, 2.75) is 18.9 Å². The van der Waals surface area contributed by atoms with Gasteiger partial charge in [-0.05, 0) is 18.1 Å². The summed E-state index contributed by atoms with van der Waals surface area (Å²) >= 11 is 0. The minimum atomic E-state index is -0.283. The van der Waals surface area contributed by atoms with Gasteiger partial charge in [0.1, 0.15) is 6.10 Å². The molecule has 17 heavy (non-hydrogen) atoms. The van der Waals surface area contributed by atoms with Crippen molar-refractivity contribution in [3.8, 4) is 0 Å². The lowest BCUT2D eigenvalue weighted by Crippen LogP contribution is -2.33. The Hall–Kier alpha value is -1.46. The molecule has 1 amide bonds. The summed E-state index contributed by atoms with van der Waals surface area (Å²) in [6.07, 6.45) is 2.83. The van der Waals surface area contributed by atoms with Crippen LogP contribution in [0.4, 0.5) is 0 Å². The molecule has 2 heterocycles. The molecule has 1 saturated heterocycles. The van der Waals surface area contributed by atoms with Gasteiger partial charge in [-0.25, -0.2) is 0 Å². The van der Waals surface area contributed by atoms with Crippen molar-refractivity contribution >= 4 is 5.91 Å². The van der Waals surface area contributed by atoms with E-state index in [1.165, 1.54) is 0 Å². The summed E-state index contributed by atoms with van der Waals surface area (Å²) in [7, 11) is 0. The van der Waals surface area contributed by atoms with Crippen LogP contribution in [0.5, 0.6) is 0 Å². The molecule has 2 rings (SSSR count). The van der Waals surface area contributed by atoms with Gasteiger partial charge in [-0.15, -0.1) is 0 Å². The van der Waals surface area contributed by atoms with Gasteiger partial charge in [0.25, 0.3) is 0 Å². The van der Waals surface area contributed by atoms with Gasteiger partial charge in [0.05, 0.1) is 12.3 Å². The topological polar surface area (TPSA) is 77.2 Å². The van der Waals surface area contributed by atoms with Crippen LogP contribution in [0.1, 0.15) is 23.8 Å². The van der Waals surface area contributed by atoms with E-state index in [1.54, 1.807) is 6.20 Å². The Bertz CT molecular complexity index is 372. The maximum atomic E-state index is 10.7. The van der Waals surface area contributed by atoms with Gasteiger partial charge in [-0.3, -0.25) is 9.78 Å². The zero-order valence-corrected chi connectivity index (χ0v) is 9.69. The number of aryl methyl sites for hydroxylation is 1. The van der Waals surface area contributed by atoms with Gasteiger partial charge in [-0.2, -0.15) is 0 Å². The predicted molar refractivity (Wildman–Crippen MR) is 63.3 cm³/mol. The van der Waals surface area contributed by atoms with Crippen molar-refractivity contribution < 1.29 is 9.53 Å². The Morgan fingerprint density at radius 1 is 1.59 bits per heavy atom. The van der Waals surface area contributed by atoms with Crippen LogP contribution in [-0.2, 0) is 16.0 Å². The molecule has 1 atom stereocenters. The summed E-state index contributed by atoms with van der Waals surface area (Å²) < 4.78 is 5.60. The molecule has 0 bridgehead atoms. The number of rotatable bonds is 4. The number of nitrogens with zero attached hydrogens (tertiary/aromatic N) is 1. The van der Waals surface area contributed by atoms with E-state index in [0.717, 1.165) is 31.0 Å². The molecule has 1 aromatic rings. The SMILES string of the molecule is NC(=O)CCc1ccc([C@H]2CNCCO2)nc1. The number of carbonyl (C=O) groups excluding carboxylic acids is 1. The lowest BCUT2D eigenvalue weighted by atomic mass is 10.1. The third-order valence-electron chi connectivity index (χ3n) is 2.77. The Labute approximate surface area is 100 Å². The van der Waals surface area contributed by atoms with Gasteiger partial charge in [-0.1, -0.05) is 6.07 Å². The summed E-state index contributed by atoms with van der Waals surface area (Å²) in [6.45, 7) is 2.41. The molecule has 1 aliphatic heterocycles. The van der Waals surface area contributed by atoms with Crippen molar-refractivity contribution in [2.24, 2.45) is 5.73 Å². The monoisotopic (exact) mass is 235 g/mol. The molecule has 0 saturated carbocycles. The first-order valence-electron chi connectivity index (χ1n) is 5.81. The highest BCUT2D eigenvalue weighted by Crippen LogP contribution is 2.16. The first kappa shape index (κ1) is 12.0. The molecule has 5 nitrogen and oxygen atoms in total. The Kier molecular flexibility index (Phi) is 4.06. The van der Waals surface area contributed by atoms with Crippen LogP contribution in [0.3, 0.4) is 0 Å². The van der Waals surface area contributed by atoms with Crippen LogP contribution in [0, 0.1) is 0 Å². The number of primary amides is 1. The Morgan fingerprint density at radius 3 is 3.06 bits per heavy atom. The lowest BCUT2D eigenvalue weighted by molar-refractivity contribution is -0.117. The summed E-state index contributed by atoms with van der Waals surface area (Å²) in [5.41, 5.74) is 7.05. The minimum Gasteiger partial charge on any atom is -0.370 e. The van der Waals surface area contributed by atoms with Crippen LogP contribution in [0.2, 0.25) is 0 Å². The average Bonchev–Trinajstić information content (AvgIpc) is 2.38. The predicted octanol–water partition coefficient (Wildman–Crippen LogP) is 0.160. The maximum Gasteiger partial charge on any atom is 0.217 e. The van der Waals surface area contributed by atoms with Gasteiger partial charge in [0.2, 0.25) is 5.91 Å². The van der Waals surface area contributed by atoms with Crippen LogP contribution in [-0.4, -0.2) is 30.6 Å². The van der Waals surface area contributed by atoms with Gasteiger partial charge in [0.15, 0.2) is 0 Å². The minimum absolute atomic E-state index is 0.0361. The molecule has 1 aromatic heterocycles. The summed E-state index contributed by atoms with van der Waals surface area (Å²) in [4.78, 5) is 15.0. The first-order valence-corrected chi connectivity index (χ1v) is 5.81. The zero-order chi connectivity index (χ0) is 12.1. The molecular formula is C12H17N3O2. The van der Waals surface area contributed by atoms with E-state index in [0.29, 0.717) is 12.8 Å². The molecule has 0 aliphatic carbocycles. The Morgan fingerprint density at radius 2 is 2.47 bits per heavy atom. The maximum absolute atomic E-state index is 10.7. The summed E-state index contributed by atoms with van der Waals surface area (Å²) in [5, 5.41) is 3.26. The number of nitrogens with two attached hydrogens (primary N) is 1. The largest absolute Gasteiger partial charge is 0.370 e. The molecule has 92 valence electrons. The van der Waals surface area contributed by atoms with Crippen LogP contribution in [0.25, 0.3) is 0 Å². The molecule has 0 unspecified atom stereocenters. The molecule has 3 N–H and O–H groups in total. The highest BCUT2D eigenvalue weighted by molar-refractivity contribution is 5.73. The van der Waals surface area contributed by atoms with E-state index >= 15 is 0 Å². The number of pyridine rings is 1. The molecule has 1 fully saturated rings. The lowest BCUT2D eigenvalue weighted by Gasteiger charge is -2.23. The molecule has 0 aromatic carbocycles. The fourth-order valence-corrected chi connectivity index (χ4v) is 1.80. The number of morpholine rings is 1. The van der Waals surface area contributed by atoms with Crippen LogP contribution < -0.4 is 11.1 Å². The smallest absolute Gasteiger partial charge is 0.217 e. The van der Waals surface area contributed by atoms with Gasteiger partial charge >= 0.3 is 0 Å².